The maximum absolute atomic E-state index is 13.1. The van der Waals surface area contributed by atoms with Gasteiger partial charge in [0.15, 0.2) is 5.82 Å². The number of anilines is 1. The number of ether oxygens (including phenoxy) is 2. The Balaban J connectivity index is 1.35. The monoisotopic (exact) mass is 482 g/mol. The zero-order valence-electron chi connectivity index (χ0n) is 19.6. The summed E-state index contributed by atoms with van der Waals surface area (Å²) in [5.41, 5.74) is 1.73. The first kappa shape index (κ1) is 24.0. The molecule has 1 aliphatic rings. The molecule has 0 saturated carbocycles. The fourth-order valence-corrected chi connectivity index (χ4v) is 5.18. The van der Waals surface area contributed by atoms with E-state index in [1.165, 1.54) is 4.31 Å². The second-order valence-electron chi connectivity index (χ2n) is 8.07. The third kappa shape index (κ3) is 5.48. The van der Waals surface area contributed by atoms with Gasteiger partial charge >= 0.3 is 0 Å². The molecule has 8 nitrogen and oxygen atoms in total. The average Bonchev–Trinajstić information content (AvgIpc) is 2.89. The van der Waals surface area contributed by atoms with Crippen LogP contribution in [0, 0.1) is 0 Å². The van der Waals surface area contributed by atoms with Crippen LogP contribution in [0.25, 0.3) is 11.3 Å². The number of piperazine rings is 1. The zero-order valence-corrected chi connectivity index (χ0v) is 20.4. The van der Waals surface area contributed by atoms with Gasteiger partial charge in [-0.3, -0.25) is 0 Å². The van der Waals surface area contributed by atoms with E-state index in [1.807, 2.05) is 36.4 Å². The van der Waals surface area contributed by atoms with E-state index in [1.54, 1.807) is 31.4 Å². The topological polar surface area (TPSA) is 84.9 Å². The smallest absolute Gasteiger partial charge is 0.243 e. The van der Waals surface area contributed by atoms with Gasteiger partial charge in [-0.25, -0.2) is 8.42 Å². The Hall–Kier alpha value is -3.17. The van der Waals surface area contributed by atoms with Crippen molar-refractivity contribution in [1.29, 1.82) is 0 Å². The molecule has 2 aromatic carbocycles. The molecule has 0 unspecified atom stereocenters. The molecule has 0 radical (unpaired) electrons. The molecule has 0 spiro atoms. The molecule has 4 rings (SSSR count). The van der Waals surface area contributed by atoms with Crippen molar-refractivity contribution in [1.82, 2.24) is 14.5 Å². The highest BCUT2D eigenvalue weighted by Gasteiger charge is 2.29. The molecule has 3 aromatic rings. The van der Waals surface area contributed by atoms with E-state index in [-0.39, 0.29) is 4.90 Å². The lowest BCUT2D eigenvalue weighted by molar-refractivity contribution is 0.309. The van der Waals surface area contributed by atoms with E-state index in [0.717, 1.165) is 35.7 Å². The normalized spacial score (nSPS) is 14.7. The molecule has 9 heteroatoms. The summed E-state index contributed by atoms with van der Waals surface area (Å²) in [6.45, 7) is 4.61. The van der Waals surface area contributed by atoms with Gasteiger partial charge in [-0.1, -0.05) is 13.3 Å². The van der Waals surface area contributed by atoms with Gasteiger partial charge in [0, 0.05) is 31.7 Å². The van der Waals surface area contributed by atoms with Crippen LogP contribution in [0.1, 0.15) is 19.8 Å². The Labute approximate surface area is 201 Å². The van der Waals surface area contributed by atoms with Crippen molar-refractivity contribution in [3.8, 4) is 22.8 Å². The number of rotatable bonds is 9. The third-order valence-electron chi connectivity index (χ3n) is 5.83. The van der Waals surface area contributed by atoms with Crippen LogP contribution in [-0.4, -0.2) is 62.8 Å². The van der Waals surface area contributed by atoms with Gasteiger partial charge in [-0.05, 0) is 67.1 Å². The number of sulfonamides is 1. The number of unbranched alkanes of at least 4 members (excludes halogenated alkanes) is 1. The van der Waals surface area contributed by atoms with Crippen LogP contribution in [-0.2, 0) is 10.0 Å². The van der Waals surface area contributed by atoms with Crippen LogP contribution in [0.2, 0.25) is 0 Å². The maximum Gasteiger partial charge on any atom is 0.243 e. The minimum atomic E-state index is -3.55. The van der Waals surface area contributed by atoms with Gasteiger partial charge in [0.05, 0.1) is 24.3 Å². The molecule has 1 saturated heterocycles. The molecule has 0 N–H and O–H groups in total. The first-order chi connectivity index (χ1) is 16.5. The highest BCUT2D eigenvalue weighted by atomic mass is 32.2. The molecule has 1 aliphatic heterocycles. The highest BCUT2D eigenvalue weighted by molar-refractivity contribution is 7.89. The lowest BCUT2D eigenvalue weighted by Gasteiger charge is -2.34. The summed E-state index contributed by atoms with van der Waals surface area (Å²) in [6, 6.07) is 18.2. The second kappa shape index (κ2) is 10.8. The van der Waals surface area contributed by atoms with Crippen molar-refractivity contribution in [3.05, 3.63) is 60.7 Å². The molecule has 34 heavy (non-hydrogen) atoms. The molecule has 2 heterocycles. The van der Waals surface area contributed by atoms with Crippen LogP contribution in [0.15, 0.2) is 65.6 Å². The summed E-state index contributed by atoms with van der Waals surface area (Å²) in [6.07, 6.45) is 2.02. The van der Waals surface area contributed by atoms with Gasteiger partial charge in [-0.2, -0.15) is 4.31 Å². The standard InChI is InChI=1S/C25H30N4O4S/c1-3-4-19-33-22-9-11-23(12-10-22)34(30,31)29-17-15-28(16-18-29)25-14-13-24(26-27-25)20-5-7-21(32-2)8-6-20/h5-14H,3-4,15-19H2,1-2H3. The number of benzene rings is 2. The fourth-order valence-electron chi connectivity index (χ4n) is 3.76. The first-order valence-electron chi connectivity index (χ1n) is 11.5. The van der Waals surface area contributed by atoms with Crippen molar-refractivity contribution in [2.75, 3.05) is 44.8 Å². The lowest BCUT2D eigenvalue weighted by atomic mass is 10.1. The molecular weight excluding hydrogens is 452 g/mol. The van der Waals surface area contributed by atoms with Gasteiger partial charge < -0.3 is 14.4 Å². The first-order valence-corrected chi connectivity index (χ1v) is 12.9. The van der Waals surface area contributed by atoms with Crippen LogP contribution >= 0.6 is 0 Å². The SMILES string of the molecule is CCCCOc1ccc(S(=O)(=O)N2CCN(c3ccc(-c4ccc(OC)cc4)nn3)CC2)cc1. The molecule has 1 aromatic heterocycles. The maximum atomic E-state index is 13.1. The molecule has 0 amide bonds. The van der Waals surface area contributed by atoms with Crippen molar-refractivity contribution in [3.63, 3.8) is 0 Å². The Morgan fingerprint density at radius 3 is 2.12 bits per heavy atom. The minimum Gasteiger partial charge on any atom is -0.497 e. The number of methoxy groups -OCH3 is 1. The molecule has 0 bridgehead atoms. The lowest BCUT2D eigenvalue weighted by Crippen LogP contribution is -2.48. The summed E-state index contributed by atoms with van der Waals surface area (Å²) in [4.78, 5) is 2.34. The van der Waals surface area contributed by atoms with Crippen LogP contribution in [0.3, 0.4) is 0 Å². The Morgan fingerprint density at radius 2 is 1.53 bits per heavy atom. The number of hydrogen-bond donors (Lipinski definition) is 0. The zero-order chi connectivity index (χ0) is 24.0. The van der Waals surface area contributed by atoms with Crippen molar-refractivity contribution < 1.29 is 17.9 Å². The number of hydrogen-bond acceptors (Lipinski definition) is 7. The molecule has 1 fully saturated rings. The molecular formula is C25H30N4O4S. The highest BCUT2D eigenvalue weighted by Crippen LogP contribution is 2.24. The predicted octanol–water partition coefficient (Wildman–Crippen LogP) is 3.84. The van der Waals surface area contributed by atoms with E-state index in [2.05, 4.69) is 22.0 Å². The summed E-state index contributed by atoms with van der Waals surface area (Å²) in [5.74, 6) is 2.22. The fraction of sp³-hybridized carbons (Fsp3) is 0.360. The largest absolute Gasteiger partial charge is 0.497 e. The molecule has 0 aliphatic carbocycles. The van der Waals surface area contributed by atoms with Crippen molar-refractivity contribution in [2.24, 2.45) is 0 Å². The Kier molecular flexibility index (Phi) is 7.64. The summed E-state index contributed by atoms with van der Waals surface area (Å²) in [5, 5.41) is 8.72. The average molecular weight is 483 g/mol. The van der Waals surface area contributed by atoms with E-state index in [9.17, 15) is 8.42 Å². The van der Waals surface area contributed by atoms with Crippen molar-refractivity contribution in [2.45, 2.75) is 24.7 Å². The minimum absolute atomic E-state index is 0.285. The van der Waals surface area contributed by atoms with E-state index in [0.29, 0.717) is 38.5 Å². The van der Waals surface area contributed by atoms with Gasteiger partial charge in [-0.15, -0.1) is 10.2 Å². The predicted molar refractivity (Wildman–Crippen MR) is 132 cm³/mol. The number of aromatic nitrogens is 2. The van der Waals surface area contributed by atoms with Crippen molar-refractivity contribution >= 4 is 15.8 Å². The number of nitrogens with zero attached hydrogens (tertiary/aromatic N) is 4. The van der Waals surface area contributed by atoms with Gasteiger partial charge in [0.2, 0.25) is 10.0 Å². The van der Waals surface area contributed by atoms with Crippen LogP contribution < -0.4 is 14.4 Å². The Morgan fingerprint density at radius 1 is 0.853 bits per heavy atom. The molecule has 0 atom stereocenters. The van der Waals surface area contributed by atoms with Gasteiger partial charge in [0.1, 0.15) is 11.5 Å². The van der Waals surface area contributed by atoms with Gasteiger partial charge in [0.25, 0.3) is 0 Å². The third-order valence-corrected chi connectivity index (χ3v) is 7.74. The summed E-state index contributed by atoms with van der Waals surface area (Å²) < 4.78 is 38.5. The van der Waals surface area contributed by atoms with Crippen LogP contribution in [0.5, 0.6) is 11.5 Å². The second-order valence-corrected chi connectivity index (χ2v) is 10.0. The van der Waals surface area contributed by atoms with E-state index >= 15 is 0 Å². The molecule has 180 valence electrons. The van der Waals surface area contributed by atoms with E-state index < -0.39 is 10.0 Å². The summed E-state index contributed by atoms with van der Waals surface area (Å²) in [7, 11) is -1.92. The van der Waals surface area contributed by atoms with E-state index in [4.69, 9.17) is 9.47 Å². The van der Waals surface area contributed by atoms with Crippen LogP contribution in [0.4, 0.5) is 5.82 Å². The quantitative estimate of drug-likeness (QED) is 0.428. The summed E-state index contributed by atoms with van der Waals surface area (Å²) >= 11 is 0. The Bertz CT molecular complexity index is 1160.